The summed E-state index contributed by atoms with van der Waals surface area (Å²) in [5.41, 5.74) is 0. The molecule has 0 amide bonds. The number of thiophene rings is 1. The maximum atomic E-state index is 11.5. The third kappa shape index (κ3) is 5.69. The van der Waals surface area contributed by atoms with Gasteiger partial charge in [-0.3, -0.25) is 0 Å². The average Bonchev–Trinajstić information content (AvgIpc) is 2.53. The number of likely N-dealkylation sites (N-methyl/N-ethyl adjacent to an activating group) is 1. The van der Waals surface area contributed by atoms with Crippen LogP contribution >= 0.6 is 46.1 Å². The maximum absolute atomic E-state index is 11.5. The van der Waals surface area contributed by atoms with Gasteiger partial charge in [-0.25, -0.2) is 4.79 Å². The Balaban J connectivity index is 0.00000361. The second kappa shape index (κ2) is 8.33. The first kappa shape index (κ1) is 19.9. The van der Waals surface area contributed by atoms with Crippen LogP contribution in [0.3, 0.4) is 0 Å². The van der Waals surface area contributed by atoms with Gasteiger partial charge < -0.3 is 21.6 Å². The Kier molecular flexibility index (Phi) is 8.27. The first-order valence-corrected chi connectivity index (χ1v) is 7.25. The molecule has 1 aromatic rings. The minimum Gasteiger partial charge on any atom is -1.00 e. The van der Waals surface area contributed by atoms with Crippen molar-refractivity contribution in [1.29, 1.82) is 0 Å². The number of nitrogens with zero attached hydrogens (tertiary/aromatic N) is 1. The summed E-state index contributed by atoms with van der Waals surface area (Å²) in [5, 5.41) is 0.804. The fourth-order valence-electron chi connectivity index (χ4n) is 1.47. The molecule has 0 radical (unpaired) electrons. The van der Waals surface area contributed by atoms with Crippen LogP contribution in [0.2, 0.25) is 14.4 Å². The number of hydrogen-bond acceptors (Lipinski definition) is 3. The molecule has 0 aliphatic rings. The second-order valence-electron chi connectivity index (χ2n) is 4.54. The third-order valence-corrected chi connectivity index (χ3v) is 4.86. The van der Waals surface area contributed by atoms with E-state index in [0.717, 1.165) is 4.88 Å². The Morgan fingerprint density at radius 2 is 1.95 bits per heavy atom. The van der Waals surface area contributed by atoms with Crippen LogP contribution in [0.1, 0.15) is 4.88 Å². The highest BCUT2D eigenvalue weighted by molar-refractivity contribution is 7.17. The summed E-state index contributed by atoms with van der Waals surface area (Å²) in [6, 6.07) is 0. The van der Waals surface area contributed by atoms with Gasteiger partial charge in [-0.1, -0.05) is 40.7 Å². The summed E-state index contributed by atoms with van der Waals surface area (Å²) in [7, 11) is 3.77. The Morgan fingerprint density at radius 1 is 1.35 bits per heavy atom. The monoisotopic (exact) mass is 375 g/mol. The van der Waals surface area contributed by atoms with E-state index in [-0.39, 0.29) is 31.5 Å². The van der Waals surface area contributed by atoms with Gasteiger partial charge in [0.2, 0.25) is 0 Å². The summed E-state index contributed by atoms with van der Waals surface area (Å²) in [6.07, 6.45) is 5.03. The molecule has 0 aromatic carbocycles. The number of hydrogen-bond donors (Lipinski definition) is 0. The summed E-state index contributed by atoms with van der Waals surface area (Å²) in [6.45, 7) is 0.697. The molecule has 0 atom stereocenters. The Bertz CT molecular complexity index is 522. The molecule has 0 spiro atoms. The molecule has 0 N–H and O–H groups in total. The van der Waals surface area contributed by atoms with Crippen molar-refractivity contribution in [2.24, 2.45) is 0 Å². The molecule has 3 nitrogen and oxygen atoms in total. The van der Waals surface area contributed by atoms with Crippen molar-refractivity contribution in [3.63, 3.8) is 0 Å². The van der Waals surface area contributed by atoms with E-state index in [0.29, 0.717) is 25.4 Å². The Hall–Kier alpha value is -0.150. The molecule has 0 fully saturated rings. The van der Waals surface area contributed by atoms with Crippen molar-refractivity contribution >= 4 is 52.1 Å². The Morgan fingerprint density at radius 3 is 2.40 bits per heavy atom. The van der Waals surface area contributed by atoms with E-state index in [4.69, 9.17) is 46.0 Å². The molecular weight excluding hydrogens is 364 g/mol. The molecule has 1 rings (SSSR count). The van der Waals surface area contributed by atoms with Crippen LogP contribution in [-0.4, -0.2) is 37.7 Å². The average molecular weight is 377 g/mol. The lowest BCUT2D eigenvalue weighted by Gasteiger charge is -2.27. The quantitative estimate of drug-likeness (QED) is 0.424. The van der Waals surface area contributed by atoms with E-state index in [2.05, 4.69) is 5.92 Å². The predicted octanol–water partition coefficient (Wildman–Crippen LogP) is 0.465. The second-order valence-corrected chi connectivity index (χ2v) is 7.01. The highest BCUT2D eigenvalue weighted by atomic mass is 35.5. The fourth-order valence-corrected chi connectivity index (χ4v) is 3.52. The zero-order valence-electron chi connectivity index (χ0n) is 10.9. The largest absolute Gasteiger partial charge is 1.00 e. The van der Waals surface area contributed by atoms with Crippen LogP contribution in [-0.2, 0) is 16.1 Å². The van der Waals surface area contributed by atoms with Crippen molar-refractivity contribution in [2.45, 2.75) is 6.54 Å². The number of halogens is 4. The van der Waals surface area contributed by atoms with Gasteiger partial charge in [-0.15, -0.1) is 17.8 Å². The lowest BCUT2D eigenvalue weighted by atomic mass is 10.3. The molecule has 1 aromatic heterocycles. The minimum atomic E-state index is -0.354. The van der Waals surface area contributed by atoms with Gasteiger partial charge in [0.05, 0.1) is 29.0 Å². The van der Waals surface area contributed by atoms with Gasteiger partial charge in [0.25, 0.3) is 0 Å². The smallest absolute Gasteiger partial charge is 0.362 e. The number of carbonyl (C=O) groups excluding carboxylic acids is 1. The van der Waals surface area contributed by atoms with Gasteiger partial charge >= 0.3 is 5.97 Å². The molecule has 0 saturated heterocycles. The lowest BCUT2D eigenvalue weighted by Crippen LogP contribution is -3.00. The molecule has 0 bridgehead atoms. The van der Waals surface area contributed by atoms with E-state index in [1.54, 1.807) is 0 Å². The van der Waals surface area contributed by atoms with Gasteiger partial charge in [0, 0.05) is 0 Å². The predicted molar refractivity (Wildman–Crippen MR) is 79.8 cm³/mol. The van der Waals surface area contributed by atoms with Crippen LogP contribution in [0.15, 0.2) is 0 Å². The summed E-state index contributed by atoms with van der Waals surface area (Å²) >= 11 is 19.2. The highest BCUT2D eigenvalue weighted by Gasteiger charge is 2.25. The van der Waals surface area contributed by atoms with Gasteiger partial charge in [0.15, 0.2) is 13.2 Å². The molecule has 8 heteroatoms. The number of rotatable bonds is 5. The van der Waals surface area contributed by atoms with Crippen LogP contribution in [0.5, 0.6) is 0 Å². The normalized spacial score (nSPS) is 10.6. The minimum absolute atomic E-state index is 0. The zero-order chi connectivity index (χ0) is 14.6. The van der Waals surface area contributed by atoms with E-state index in [1.807, 2.05) is 14.1 Å². The summed E-state index contributed by atoms with van der Waals surface area (Å²) in [5.74, 6) is 1.90. The molecule has 0 aliphatic carbocycles. The molecular formula is C12H13Cl4NO2S. The number of quaternary nitrogens is 1. The number of carbonyl (C=O) groups is 1. The van der Waals surface area contributed by atoms with Crippen LogP contribution in [0.4, 0.5) is 0 Å². The molecule has 112 valence electrons. The standard InChI is InChI=1S/C12H13Cl3NO2S.ClH/c1-4-5-18-9(17)7-16(2,3)6-8-10(13)11(14)12(15)19-8;/h1H,5-7H2,2-3H3;1H/q+1;/p-1. The first-order valence-electron chi connectivity index (χ1n) is 5.30. The third-order valence-electron chi connectivity index (χ3n) is 2.27. The lowest BCUT2D eigenvalue weighted by molar-refractivity contribution is -0.896. The summed E-state index contributed by atoms with van der Waals surface area (Å²) < 4.78 is 5.68. The van der Waals surface area contributed by atoms with E-state index < -0.39 is 0 Å². The van der Waals surface area contributed by atoms with E-state index in [1.165, 1.54) is 11.3 Å². The van der Waals surface area contributed by atoms with Gasteiger partial charge in [-0.2, -0.15) is 0 Å². The molecule has 0 saturated carbocycles. The Labute approximate surface area is 143 Å². The number of esters is 1. The SMILES string of the molecule is C#CCOC(=O)C[N+](C)(C)Cc1sc(Cl)c(Cl)c1Cl.[Cl-]. The summed E-state index contributed by atoms with van der Waals surface area (Å²) in [4.78, 5) is 12.4. The van der Waals surface area contributed by atoms with Crippen molar-refractivity contribution in [1.82, 2.24) is 0 Å². The maximum Gasteiger partial charge on any atom is 0.362 e. The molecule has 1 heterocycles. The van der Waals surface area contributed by atoms with Crippen molar-refractivity contribution < 1.29 is 26.4 Å². The number of ether oxygens (including phenoxy) is 1. The highest BCUT2D eigenvalue weighted by Crippen LogP contribution is 2.41. The number of terminal acetylenes is 1. The molecule has 20 heavy (non-hydrogen) atoms. The van der Waals surface area contributed by atoms with Crippen LogP contribution < -0.4 is 12.4 Å². The van der Waals surface area contributed by atoms with Crippen molar-refractivity contribution in [3.05, 3.63) is 19.3 Å². The van der Waals surface area contributed by atoms with Gasteiger partial charge in [0.1, 0.15) is 10.9 Å². The first-order chi connectivity index (χ1) is 8.76. The van der Waals surface area contributed by atoms with Crippen LogP contribution in [0, 0.1) is 12.3 Å². The van der Waals surface area contributed by atoms with Crippen molar-refractivity contribution in [2.75, 3.05) is 27.2 Å². The van der Waals surface area contributed by atoms with Gasteiger partial charge in [-0.05, 0) is 0 Å². The van der Waals surface area contributed by atoms with Crippen molar-refractivity contribution in [3.8, 4) is 12.3 Å². The molecule has 0 aliphatic heterocycles. The van der Waals surface area contributed by atoms with E-state index >= 15 is 0 Å². The molecule has 0 unspecified atom stereocenters. The zero-order valence-corrected chi connectivity index (χ0v) is 14.7. The topological polar surface area (TPSA) is 26.3 Å². The van der Waals surface area contributed by atoms with E-state index in [9.17, 15) is 4.79 Å². The van der Waals surface area contributed by atoms with Crippen LogP contribution in [0.25, 0.3) is 0 Å². The fraction of sp³-hybridized carbons (Fsp3) is 0.417.